The molecule has 0 bridgehead atoms. The predicted octanol–water partition coefficient (Wildman–Crippen LogP) is -0.546. The zero-order chi connectivity index (χ0) is 19.5. The van der Waals surface area contributed by atoms with E-state index in [1.165, 1.54) is 0 Å². The molecule has 0 spiro atoms. The summed E-state index contributed by atoms with van der Waals surface area (Å²) in [5.41, 5.74) is 0.940. The molecule has 1 aromatic carbocycles. The number of nitrogens with zero attached hydrogens (tertiary/aromatic N) is 2. The van der Waals surface area contributed by atoms with Crippen LogP contribution in [0.25, 0.3) is 0 Å². The van der Waals surface area contributed by atoms with Crippen molar-refractivity contribution >= 4 is 17.7 Å². The minimum atomic E-state index is -0.516. The Bertz CT molecular complexity index is 772. The summed E-state index contributed by atoms with van der Waals surface area (Å²) in [6, 6.07) is 5.76. The van der Waals surface area contributed by atoms with E-state index in [9.17, 15) is 14.4 Å². The molecule has 2 aliphatic heterocycles. The number of piperazine rings is 1. The molecule has 1 aromatic rings. The van der Waals surface area contributed by atoms with Gasteiger partial charge in [-0.2, -0.15) is 0 Å². The second-order valence-electron chi connectivity index (χ2n) is 7.28. The summed E-state index contributed by atoms with van der Waals surface area (Å²) in [7, 11) is 0. The molecule has 28 heavy (non-hydrogen) atoms. The molecule has 1 saturated heterocycles. The average Bonchev–Trinajstić information content (AvgIpc) is 3.39. The van der Waals surface area contributed by atoms with E-state index >= 15 is 0 Å². The summed E-state index contributed by atoms with van der Waals surface area (Å²) in [5.74, 6) is 0.340. The monoisotopic (exact) mass is 388 g/mol. The van der Waals surface area contributed by atoms with Crippen LogP contribution >= 0.6 is 0 Å². The first-order valence-corrected chi connectivity index (χ1v) is 9.56. The largest absolute Gasteiger partial charge is 0.454 e. The molecule has 3 amide bonds. The van der Waals surface area contributed by atoms with Crippen LogP contribution in [0.2, 0.25) is 0 Å². The highest BCUT2D eigenvalue weighted by Crippen LogP contribution is 2.32. The van der Waals surface area contributed by atoms with E-state index in [0.717, 1.165) is 18.4 Å². The Morgan fingerprint density at radius 1 is 1.04 bits per heavy atom. The van der Waals surface area contributed by atoms with Gasteiger partial charge in [0.2, 0.25) is 12.7 Å². The van der Waals surface area contributed by atoms with E-state index < -0.39 is 11.8 Å². The third-order valence-corrected chi connectivity index (χ3v) is 5.06. The van der Waals surface area contributed by atoms with Crippen molar-refractivity contribution in [2.45, 2.75) is 25.4 Å². The van der Waals surface area contributed by atoms with Crippen LogP contribution in [0.3, 0.4) is 0 Å². The highest BCUT2D eigenvalue weighted by molar-refractivity contribution is 6.35. The van der Waals surface area contributed by atoms with Crippen molar-refractivity contribution in [1.29, 1.82) is 0 Å². The Kier molecular flexibility index (Phi) is 5.34. The van der Waals surface area contributed by atoms with Crippen LogP contribution in [-0.2, 0) is 20.9 Å². The topological polar surface area (TPSA) is 100 Å². The molecule has 0 unspecified atom stereocenters. The summed E-state index contributed by atoms with van der Waals surface area (Å²) in [6.45, 7) is 2.94. The van der Waals surface area contributed by atoms with Crippen molar-refractivity contribution in [3.63, 3.8) is 0 Å². The summed E-state index contributed by atoms with van der Waals surface area (Å²) in [6.07, 6.45) is 1.91. The standard InChI is InChI=1S/C19H24N4O5/c24-17(20-10-13-1-4-15-16(9-13)28-12-27-15)11-22-5-7-23(8-6-22)19(26)18(25)21-14-2-3-14/h1,4,9,14H,2-3,5-8,10-12H2,(H,20,24)(H,21,25). The number of nitrogens with one attached hydrogen (secondary N) is 2. The molecule has 1 aliphatic carbocycles. The summed E-state index contributed by atoms with van der Waals surface area (Å²) in [5, 5.41) is 5.61. The summed E-state index contributed by atoms with van der Waals surface area (Å²) >= 11 is 0. The van der Waals surface area contributed by atoms with Gasteiger partial charge in [-0.3, -0.25) is 19.3 Å². The fourth-order valence-electron chi connectivity index (χ4n) is 3.24. The van der Waals surface area contributed by atoms with Crippen molar-refractivity contribution < 1.29 is 23.9 Å². The molecule has 2 fully saturated rings. The molecule has 3 aliphatic rings. The van der Waals surface area contributed by atoms with Gasteiger partial charge in [0.1, 0.15) is 0 Å². The summed E-state index contributed by atoms with van der Waals surface area (Å²) < 4.78 is 10.6. The van der Waals surface area contributed by atoms with E-state index in [1.54, 1.807) is 4.90 Å². The second-order valence-corrected chi connectivity index (χ2v) is 7.28. The first-order chi connectivity index (χ1) is 13.6. The molecule has 0 atom stereocenters. The average molecular weight is 388 g/mol. The SMILES string of the molecule is O=C(CN1CCN(C(=O)C(=O)NC2CC2)CC1)NCc1ccc2c(c1)OCO2. The minimum absolute atomic E-state index is 0.0797. The number of carbonyl (C=O) groups is 3. The van der Waals surface area contributed by atoms with Crippen LogP contribution < -0.4 is 20.1 Å². The van der Waals surface area contributed by atoms with Gasteiger partial charge < -0.3 is 25.0 Å². The van der Waals surface area contributed by atoms with Gasteiger partial charge >= 0.3 is 11.8 Å². The van der Waals surface area contributed by atoms with Crippen LogP contribution in [0.5, 0.6) is 11.5 Å². The normalized spacial score (nSPS) is 18.6. The van der Waals surface area contributed by atoms with Crippen LogP contribution in [0.1, 0.15) is 18.4 Å². The van der Waals surface area contributed by atoms with Gasteiger partial charge in [0.15, 0.2) is 11.5 Å². The predicted molar refractivity (Wildman–Crippen MR) is 98.6 cm³/mol. The number of amides is 3. The number of rotatable bonds is 5. The van der Waals surface area contributed by atoms with Crippen LogP contribution in [0, 0.1) is 0 Å². The van der Waals surface area contributed by atoms with E-state index in [4.69, 9.17) is 9.47 Å². The van der Waals surface area contributed by atoms with Crippen molar-refractivity contribution in [2.24, 2.45) is 0 Å². The first-order valence-electron chi connectivity index (χ1n) is 9.56. The Hall–Kier alpha value is -2.81. The zero-order valence-electron chi connectivity index (χ0n) is 15.6. The maximum Gasteiger partial charge on any atom is 0.311 e. The van der Waals surface area contributed by atoms with E-state index in [0.29, 0.717) is 44.2 Å². The lowest BCUT2D eigenvalue weighted by molar-refractivity contribution is -0.147. The first kappa shape index (κ1) is 18.5. The maximum absolute atomic E-state index is 12.2. The Balaban J connectivity index is 1.17. The lowest BCUT2D eigenvalue weighted by Gasteiger charge is -2.33. The smallest absolute Gasteiger partial charge is 0.311 e. The third-order valence-electron chi connectivity index (χ3n) is 5.06. The number of hydrogen-bond acceptors (Lipinski definition) is 6. The number of fused-ring (bicyclic) bond motifs is 1. The Morgan fingerprint density at radius 2 is 1.79 bits per heavy atom. The lowest BCUT2D eigenvalue weighted by atomic mass is 10.2. The van der Waals surface area contributed by atoms with Crippen molar-refractivity contribution in [3.8, 4) is 11.5 Å². The fourth-order valence-corrected chi connectivity index (χ4v) is 3.24. The molecule has 4 rings (SSSR count). The van der Waals surface area contributed by atoms with E-state index in [-0.39, 0.29) is 25.3 Å². The highest BCUT2D eigenvalue weighted by Gasteiger charge is 2.30. The van der Waals surface area contributed by atoms with Crippen molar-refractivity contribution in [2.75, 3.05) is 39.5 Å². The number of benzene rings is 1. The van der Waals surface area contributed by atoms with E-state index in [2.05, 4.69) is 10.6 Å². The van der Waals surface area contributed by atoms with E-state index in [1.807, 2.05) is 23.1 Å². The van der Waals surface area contributed by atoms with Crippen LogP contribution in [0.15, 0.2) is 18.2 Å². The number of carbonyl (C=O) groups excluding carboxylic acids is 3. The van der Waals surface area contributed by atoms with Crippen molar-refractivity contribution in [1.82, 2.24) is 20.4 Å². The Labute approximate surface area is 162 Å². The van der Waals surface area contributed by atoms with Gasteiger partial charge in [0.05, 0.1) is 6.54 Å². The van der Waals surface area contributed by atoms with Gasteiger partial charge in [-0.1, -0.05) is 6.07 Å². The van der Waals surface area contributed by atoms with Gasteiger partial charge in [-0.05, 0) is 30.5 Å². The second kappa shape index (κ2) is 8.05. The lowest BCUT2D eigenvalue weighted by Crippen LogP contribution is -2.54. The van der Waals surface area contributed by atoms with Crippen LogP contribution in [-0.4, -0.2) is 73.1 Å². The van der Waals surface area contributed by atoms with Gasteiger partial charge in [0, 0.05) is 38.8 Å². The molecule has 2 heterocycles. The van der Waals surface area contributed by atoms with Crippen LogP contribution in [0.4, 0.5) is 0 Å². The van der Waals surface area contributed by atoms with Crippen molar-refractivity contribution in [3.05, 3.63) is 23.8 Å². The molecule has 1 saturated carbocycles. The molecular formula is C19H24N4O5. The quantitative estimate of drug-likeness (QED) is 0.657. The fraction of sp³-hybridized carbons (Fsp3) is 0.526. The number of ether oxygens (including phenoxy) is 2. The molecule has 0 aromatic heterocycles. The van der Waals surface area contributed by atoms with Gasteiger partial charge in [0.25, 0.3) is 0 Å². The summed E-state index contributed by atoms with van der Waals surface area (Å²) in [4.78, 5) is 39.7. The maximum atomic E-state index is 12.2. The molecule has 150 valence electrons. The Morgan fingerprint density at radius 3 is 2.54 bits per heavy atom. The number of hydrogen-bond donors (Lipinski definition) is 2. The third kappa shape index (κ3) is 4.53. The van der Waals surface area contributed by atoms with Gasteiger partial charge in [-0.15, -0.1) is 0 Å². The highest BCUT2D eigenvalue weighted by atomic mass is 16.7. The molecule has 9 nitrogen and oxygen atoms in total. The van der Waals surface area contributed by atoms with Gasteiger partial charge in [-0.25, -0.2) is 0 Å². The molecule has 9 heteroatoms. The molecule has 0 radical (unpaired) electrons. The molecule has 2 N–H and O–H groups in total. The molecular weight excluding hydrogens is 364 g/mol. The zero-order valence-corrected chi connectivity index (χ0v) is 15.6. The minimum Gasteiger partial charge on any atom is -0.454 e.